The molecule has 0 spiro atoms. The number of aromatic nitrogens is 2. The van der Waals surface area contributed by atoms with Crippen molar-refractivity contribution in [2.45, 2.75) is 6.42 Å². The van der Waals surface area contributed by atoms with Gasteiger partial charge in [-0.1, -0.05) is 11.6 Å². The lowest BCUT2D eigenvalue weighted by Crippen LogP contribution is -2.20. The number of methoxy groups -OCH3 is 1. The van der Waals surface area contributed by atoms with Crippen LogP contribution in [0.4, 0.5) is 16.3 Å². The molecule has 1 heterocycles. The van der Waals surface area contributed by atoms with E-state index >= 15 is 0 Å². The molecule has 9 heteroatoms. The van der Waals surface area contributed by atoms with Crippen LogP contribution in [0.2, 0.25) is 5.02 Å². The van der Waals surface area contributed by atoms with Crippen molar-refractivity contribution >= 4 is 29.1 Å². The number of nitriles is 1. The Morgan fingerprint density at radius 1 is 1.38 bits per heavy atom. The molecule has 2 amide bonds. The van der Waals surface area contributed by atoms with E-state index in [4.69, 9.17) is 27.3 Å². The first-order valence-corrected chi connectivity index (χ1v) is 7.31. The quantitative estimate of drug-likeness (QED) is 0.761. The molecule has 2 aromatic rings. The van der Waals surface area contributed by atoms with Crippen LogP contribution in [0, 0.1) is 11.3 Å². The predicted molar refractivity (Wildman–Crippen MR) is 90.2 cm³/mol. The summed E-state index contributed by atoms with van der Waals surface area (Å²) in [6.07, 6.45) is 3.14. The van der Waals surface area contributed by atoms with Gasteiger partial charge in [-0.2, -0.15) is 5.26 Å². The van der Waals surface area contributed by atoms with Gasteiger partial charge in [0.25, 0.3) is 0 Å². The predicted octanol–water partition coefficient (Wildman–Crippen LogP) is 2.16. The number of rotatable bonds is 5. The van der Waals surface area contributed by atoms with Gasteiger partial charge >= 0.3 is 6.03 Å². The van der Waals surface area contributed by atoms with Crippen LogP contribution in [0.3, 0.4) is 0 Å². The summed E-state index contributed by atoms with van der Waals surface area (Å²) >= 11 is 6.18. The number of hydrogen-bond acceptors (Lipinski definition) is 6. The van der Waals surface area contributed by atoms with Gasteiger partial charge in [0.1, 0.15) is 11.8 Å². The summed E-state index contributed by atoms with van der Waals surface area (Å²) in [7, 11) is 1.49. The summed E-state index contributed by atoms with van der Waals surface area (Å²) in [5.74, 6) is 0.667. The van der Waals surface area contributed by atoms with E-state index in [1.165, 1.54) is 19.5 Å². The fourth-order valence-corrected chi connectivity index (χ4v) is 2.19. The van der Waals surface area contributed by atoms with Gasteiger partial charge in [0, 0.05) is 5.02 Å². The van der Waals surface area contributed by atoms with Crippen LogP contribution in [0.5, 0.6) is 5.75 Å². The Labute approximate surface area is 143 Å². The van der Waals surface area contributed by atoms with Crippen molar-refractivity contribution in [2.75, 3.05) is 24.3 Å². The Hall–Kier alpha value is -2.89. The molecule has 0 radical (unpaired) electrons. The Bertz CT molecular complexity index is 773. The topological polar surface area (TPSA) is 126 Å². The summed E-state index contributed by atoms with van der Waals surface area (Å²) in [5, 5.41) is 14.3. The third-order valence-corrected chi connectivity index (χ3v) is 3.39. The van der Waals surface area contributed by atoms with E-state index in [0.29, 0.717) is 29.4 Å². The van der Waals surface area contributed by atoms with E-state index in [1.54, 1.807) is 12.1 Å². The zero-order valence-electron chi connectivity index (χ0n) is 12.8. The third-order valence-electron chi connectivity index (χ3n) is 3.04. The highest BCUT2D eigenvalue weighted by atomic mass is 35.5. The Morgan fingerprint density at radius 3 is 2.75 bits per heavy atom. The molecule has 2 rings (SSSR count). The van der Waals surface area contributed by atoms with Crippen molar-refractivity contribution < 1.29 is 9.53 Å². The first kappa shape index (κ1) is 17.5. The average molecular weight is 347 g/mol. The van der Waals surface area contributed by atoms with E-state index < -0.39 is 6.03 Å². The molecule has 0 aliphatic rings. The smallest absolute Gasteiger partial charge is 0.325 e. The normalized spacial score (nSPS) is 9.92. The van der Waals surface area contributed by atoms with Crippen LogP contribution in [-0.4, -0.2) is 29.7 Å². The molecule has 0 saturated heterocycles. The lowest BCUT2D eigenvalue weighted by molar-refractivity contribution is 0.262. The number of nitrogens with two attached hydrogens (primary N) is 1. The molecule has 0 unspecified atom stereocenters. The number of benzene rings is 1. The number of anilines is 2. The van der Waals surface area contributed by atoms with Crippen LogP contribution in [-0.2, 0) is 6.42 Å². The second-order valence-corrected chi connectivity index (χ2v) is 5.07. The van der Waals surface area contributed by atoms with Gasteiger partial charge in [-0.15, -0.1) is 0 Å². The number of halogens is 1. The van der Waals surface area contributed by atoms with Crippen LogP contribution in [0.25, 0.3) is 0 Å². The standard InChI is InChI=1S/C15H15ClN6O2/c1-24-13-4-9(2-3-17)11(16)5-12(13)21-15(23)22-14-8-19-10(6-18)7-20-14/h4-5,7-8H,2-3,17H2,1H3,(H2,20,21,22,23). The minimum Gasteiger partial charge on any atom is -0.495 e. The van der Waals surface area contributed by atoms with Gasteiger partial charge in [0.2, 0.25) is 0 Å². The van der Waals surface area contributed by atoms with Gasteiger partial charge in [-0.3, -0.25) is 5.32 Å². The molecule has 0 aliphatic heterocycles. The highest BCUT2D eigenvalue weighted by molar-refractivity contribution is 6.31. The molecule has 4 N–H and O–H groups in total. The maximum absolute atomic E-state index is 12.1. The Morgan fingerprint density at radius 2 is 2.17 bits per heavy atom. The molecule has 8 nitrogen and oxygen atoms in total. The first-order chi connectivity index (χ1) is 11.6. The van der Waals surface area contributed by atoms with Crippen LogP contribution < -0.4 is 21.1 Å². The number of nitrogens with zero attached hydrogens (tertiary/aromatic N) is 3. The van der Waals surface area contributed by atoms with E-state index in [2.05, 4.69) is 20.6 Å². The third kappa shape index (κ3) is 4.32. The molecule has 0 saturated carbocycles. The summed E-state index contributed by atoms with van der Waals surface area (Å²) in [5.41, 5.74) is 6.93. The molecular weight excluding hydrogens is 332 g/mol. The highest BCUT2D eigenvalue weighted by Gasteiger charge is 2.12. The van der Waals surface area contributed by atoms with Gasteiger partial charge in [-0.25, -0.2) is 14.8 Å². The van der Waals surface area contributed by atoms with Gasteiger partial charge in [-0.05, 0) is 30.7 Å². The number of carbonyl (C=O) groups is 1. The lowest BCUT2D eigenvalue weighted by Gasteiger charge is -2.13. The van der Waals surface area contributed by atoms with Crippen molar-refractivity contribution in [1.29, 1.82) is 5.26 Å². The van der Waals surface area contributed by atoms with Crippen LogP contribution >= 0.6 is 11.6 Å². The molecule has 24 heavy (non-hydrogen) atoms. The van der Waals surface area contributed by atoms with E-state index in [0.717, 1.165) is 5.56 Å². The zero-order chi connectivity index (χ0) is 17.5. The number of urea groups is 1. The second-order valence-electron chi connectivity index (χ2n) is 4.66. The number of hydrogen-bond donors (Lipinski definition) is 3. The molecule has 1 aromatic heterocycles. The maximum Gasteiger partial charge on any atom is 0.325 e. The van der Waals surface area contributed by atoms with Gasteiger partial charge < -0.3 is 15.8 Å². The van der Waals surface area contributed by atoms with Crippen molar-refractivity contribution in [2.24, 2.45) is 5.73 Å². The lowest BCUT2D eigenvalue weighted by atomic mass is 10.1. The van der Waals surface area contributed by atoms with Crippen LogP contribution in [0.1, 0.15) is 11.3 Å². The zero-order valence-corrected chi connectivity index (χ0v) is 13.6. The van der Waals surface area contributed by atoms with E-state index in [1.807, 2.05) is 6.07 Å². The molecular formula is C15H15ClN6O2. The van der Waals surface area contributed by atoms with Crippen molar-refractivity contribution in [1.82, 2.24) is 9.97 Å². The van der Waals surface area contributed by atoms with E-state index in [9.17, 15) is 4.79 Å². The molecule has 0 fully saturated rings. The second kappa shape index (κ2) is 8.10. The molecule has 1 aromatic carbocycles. The molecule has 0 aliphatic carbocycles. The number of carbonyl (C=O) groups excluding carboxylic acids is 1. The SMILES string of the molecule is COc1cc(CCN)c(Cl)cc1NC(=O)Nc1cnc(C#N)cn1. The Kier molecular flexibility index (Phi) is 5.89. The highest BCUT2D eigenvalue weighted by Crippen LogP contribution is 2.31. The average Bonchev–Trinajstić information content (AvgIpc) is 2.58. The number of ether oxygens (including phenoxy) is 1. The summed E-state index contributed by atoms with van der Waals surface area (Å²) in [6.45, 7) is 0.452. The summed E-state index contributed by atoms with van der Waals surface area (Å²) < 4.78 is 5.26. The maximum atomic E-state index is 12.1. The molecule has 0 bridgehead atoms. The molecule has 124 valence electrons. The van der Waals surface area contributed by atoms with Crippen molar-refractivity contribution in [3.8, 4) is 11.8 Å². The van der Waals surface area contributed by atoms with Gasteiger partial charge in [0.05, 0.1) is 25.2 Å². The monoisotopic (exact) mass is 346 g/mol. The fourth-order valence-electron chi connectivity index (χ4n) is 1.93. The van der Waals surface area contributed by atoms with Crippen molar-refractivity contribution in [3.63, 3.8) is 0 Å². The van der Waals surface area contributed by atoms with Gasteiger partial charge in [0.15, 0.2) is 11.5 Å². The molecule has 0 atom stereocenters. The Balaban J connectivity index is 2.12. The number of nitrogens with one attached hydrogen (secondary N) is 2. The summed E-state index contributed by atoms with van der Waals surface area (Å²) in [4.78, 5) is 19.8. The first-order valence-electron chi connectivity index (χ1n) is 6.94. The van der Waals surface area contributed by atoms with Crippen LogP contribution in [0.15, 0.2) is 24.5 Å². The summed E-state index contributed by atoms with van der Waals surface area (Å²) in [6, 6.07) is 4.62. The largest absolute Gasteiger partial charge is 0.495 e. The van der Waals surface area contributed by atoms with Crippen molar-refractivity contribution in [3.05, 3.63) is 40.8 Å². The minimum atomic E-state index is -0.546. The minimum absolute atomic E-state index is 0.157. The number of amides is 2. The van der Waals surface area contributed by atoms with E-state index in [-0.39, 0.29) is 11.5 Å². The fraction of sp³-hybridized carbons (Fsp3) is 0.200.